The Kier molecular flexibility index (Phi) is 7.63. The molecule has 32 heavy (non-hydrogen) atoms. The van der Waals surface area contributed by atoms with Gasteiger partial charge in [-0.2, -0.15) is 0 Å². The Balaban J connectivity index is 1.41. The number of halogens is 1. The van der Waals surface area contributed by atoms with E-state index in [1.807, 2.05) is 54.3 Å². The summed E-state index contributed by atoms with van der Waals surface area (Å²) in [5.74, 6) is 0.579. The van der Waals surface area contributed by atoms with Gasteiger partial charge in [0.05, 0.1) is 12.1 Å². The maximum Gasteiger partial charge on any atom is 0.253 e. The molecule has 4 rings (SSSR count). The van der Waals surface area contributed by atoms with Crippen LogP contribution in [-0.4, -0.2) is 53.8 Å². The van der Waals surface area contributed by atoms with Gasteiger partial charge in [0.25, 0.3) is 5.91 Å². The van der Waals surface area contributed by atoms with Gasteiger partial charge in [0.1, 0.15) is 0 Å². The van der Waals surface area contributed by atoms with Crippen LogP contribution in [0.25, 0.3) is 0 Å². The van der Waals surface area contributed by atoms with Gasteiger partial charge in [-0.1, -0.05) is 65.2 Å². The van der Waals surface area contributed by atoms with Gasteiger partial charge in [-0.15, -0.1) is 0 Å². The van der Waals surface area contributed by atoms with E-state index < -0.39 is 0 Å². The van der Waals surface area contributed by atoms with E-state index in [1.165, 1.54) is 12.8 Å². The third kappa shape index (κ3) is 5.41. The smallest absolute Gasteiger partial charge is 0.253 e. The Bertz CT molecular complexity index is 922. The van der Waals surface area contributed by atoms with E-state index in [-0.39, 0.29) is 23.9 Å². The summed E-state index contributed by atoms with van der Waals surface area (Å²) in [6.45, 7) is 4.81. The van der Waals surface area contributed by atoms with Crippen molar-refractivity contribution in [1.29, 1.82) is 0 Å². The van der Waals surface area contributed by atoms with Crippen molar-refractivity contribution in [3.05, 3.63) is 70.2 Å². The van der Waals surface area contributed by atoms with Gasteiger partial charge < -0.3 is 10.2 Å². The van der Waals surface area contributed by atoms with Crippen molar-refractivity contribution in [3.8, 4) is 0 Å². The Morgan fingerprint density at radius 1 is 0.969 bits per heavy atom. The molecule has 0 bridgehead atoms. The summed E-state index contributed by atoms with van der Waals surface area (Å²) in [6.07, 6.45) is 4.61. The Labute approximate surface area is 199 Å². The second-order valence-corrected chi connectivity index (χ2v) is 9.88. The van der Waals surface area contributed by atoms with Crippen LogP contribution in [0, 0.1) is 5.92 Å². The van der Waals surface area contributed by atoms with E-state index in [4.69, 9.17) is 0 Å². The molecule has 2 aromatic rings. The molecule has 2 amide bonds. The molecule has 5 nitrogen and oxygen atoms in total. The summed E-state index contributed by atoms with van der Waals surface area (Å²) in [6, 6.07) is 17.5. The van der Waals surface area contributed by atoms with Gasteiger partial charge >= 0.3 is 0 Å². The van der Waals surface area contributed by atoms with E-state index in [0.29, 0.717) is 24.6 Å². The predicted octanol–water partition coefficient (Wildman–Crippen LogP) is 4.64. The SMILES string of the molecule is CC(NC(=O)C(C1CCCC1)N1CCN(C(=O)c2cccc(Br)c2)CC1)c1ccccc1. The molecule has 1 saturated heterocycles. The lowest BCUT2D eigenvalue weighted by Crippen LogP contribution is -2.58. The number of hydrogen-bond acceptors (Lipinski definition) is 3. The third-order valence-electron chi connectivity index (χ3n) is 6.84. The predicted molar refractivity (Wildman–Crippen MR) is 130 cm³/mol. The number of rotatable bonds is 6. The first-order chi connectivity index (χ1) is 15.5. The van der Waals surface area contributed by atoms with Crippen LogP contribution in [0.5, 0.6) is 0 Å². The molecule has 1 saturated carbocycles. The van der Waals surface area contributed by atoms with Gasteiger partial charge in [-0.3, -0.25) is 14.5 Å². The fraction of sp³-hybridized carbons (Fsp3) is 0.462. The minimum atomic E-state index is -0.119. The largest absolute Gasteiger partial charge is 0.348 e. The van der Waals surface area contributed by atoms with E-state index >= 15 is 0 Å². The molecule has 1 N–H and O–H groups in total. The van der Waals surface area contributed by atoms with Gasteiger partial charge in [0, 0.05) is 36.2 Å². The van der Waals surface area contributed by atoms with Gasteiger partial charge in [-0.25, -0.2) is 0 Å². The number of carbonyl (C=O) groups is 2. The highest BCUT2D eigenvalue weighted by atomic mass is 79.9. The number of amides is 2. The van der Waals surface area contributed by atoms with Crippen molar-refractivity contribution >= 4 is 27.7 Å². The van der Waals surface area contributed by atoms with Crippen molar-refractivity contribution in [3.63, 3.8) is 0 Å². The van der Waals surface area contributed by atoms with Crippen molar-refractivity contribution in [1.82, 2.24) is 15.1 Å². The van der Waals surface area contributed by atoms with Crippen LogP contribution in [0.4, 0.5) is 0 Å². The Morgan fingerprint density at radius 2 is 1.66 bits per heavy atom. The summed E-state index contributed by atoms with van der Waals surface area (Å²) < 4.78 is 0.910. The summed E-state index contributed by atoms with van der Waals surface area (Å²) in [5, 5.41) is 3.27. The monoisotopic (exact) mass is 497 g/mol. The lowest BCUT2D eigenvalue weighted by Gasteiger charge is -2.41. The molecule has 1 aliphatic carbocycles. The number of nitrogens with zero attached hydrogens (tertiary/aromatic N) is 2. The topological polar surface area (TPSA) is 52.7 Å². The second kappa shape index (κ2) is 10.6. The zero-order chi connectivity index (χ0) is 22.5. The molecule has 1 heterocycles. The molecule has 0 aromatic heterocycles. The van der Waals surface area contributed by atoms with Crippen LogP contribution < -0.4 is 5.32 Å². The van der Waals surface area contributed by atoms with Crippen molar-refractivity contribution in [2.75, 3.05) is 26.2 Å². The standard InChI is InChI=1S/C26H32BrN3O2/c1-19(20-8-3-2-4-9-20)28-25(31)24(21-10-5-6-11-21)29-14-16-30(17-15-29)26(32)22-12-7-13-23(27)18-22/h2-4,7-9,12-13,18-19,21,24H,5-6,10-11,14-17H2,1H3,(H,28,31). The molecule has 2 aliphatic rings. The minimum Gasteiger partial charge on any atom is -0.348 e. The normalized spacial score (nSPS) is 19.5. The van der Waals surface area contributed by atoms with Crippen LogP contribution in [0.1, 0.15) is 54.6 Å². The number of nitrogens with one attached hydrogen (secondary N) is 1. The molecule has 2 unspecified atom stereocenters. The lowest BCUT2D eigenvalue weighted by molar-refractivity contribution is -0.129. The van der Waals surface area contributed by atoms with E-state index in [0.717, 1.165) is 36.0 Å². The molecule has 2 atom stereocenters. The molecule has 2 fully saturated rings. The lowest BCUT2D eigenvalue weighted by atomic mass is 9.94. The van der Waals surface area contributed by atoms with Gasteiger partial charge in [0.2, 0.25) is 5.91 Å². The first kappa shape index (κ1) is 23.0. The third-order valence-corrected chi connectivity index (χ3v) is 7.33. The van der Waals surface area contributed by atoms with Gasteiger partial charge in [0.15, 0.2) is 0 Å². The summed E-state index contributed by atoms with van der Waals surface area (Å²) >= 11 is 3.45. The van der Waals surface area contributed by atoms with Crippen molar-refractivity contribution < 1.29 is 9.59 Å². The fourth-order valence-electron chi connectivity index (χ4n) is 5.08. The maximum atomic E-state index is 13.4. The summed E-state index contributed by atoms with van der Waals surface area (Å²) in [4.78, 5) is 30.6. The highest BCUT2D eigenvalue weighted by Gasteiger charge is 2.37. The highest BCUT2D eigenvalue weighted by Crippen LogP contribution is 2.31. The molecule has 1 aliphatic heterocycles. The molecule has 2 aromatic carbocycles. The molecule has 0 radical (unpaired) electrons. The molecular formula is C26H32BrN3O2. The quantitative estimate of drug-likeness (QED) is 0.632. The first-order valence-corrected chi connectivity index (χ1v) is 12.5. The number of benzene rings is 2. The highest BCUT2D eigenvalue weighted by molar-refractivity contribution is 9.10. The molecule has 170 valence electrons. The zero-order valence-corrected chi connectivity index (χ0v) is 20.3. The van der Waals surface area contributed by atoms with Crippen LogP contribution >= 0.6 is 15.9 Å². The number of carbonyl (C=O) groups excluding carboxylic acids is 2. The fourth-order valence-corrected chi connectivity index (χ4v) is 5.48. The molecular weight excluding hydrogens is 466 g/mol. The Hall–Kier alpha value is -2.18. The van der Waals surface area contributed by atoms with Crippen LogP contribution in [-0.2, 0) is 4.79 Å². The number of piperazine rings is 1. The summed E-state index contributed by atoms with van der Waals surface area (Å²) in [5.41, 5.74) is 1.82. The van der Waals surface area contributed by atoms with Crippen LogP contribution in [0.2, 0.25) is 0 Å². The summed E-state index contributed by atoms with van der Waals surface area (Å²) in [7, 11) is 0. The van der Waals surface area contributed by atoms with E-state index in [1.54, 1.807) is 0 Å². The van der Waals surface area contributed by atoms with E-state index in [9.17, 15) is 9.59 Å². The average molecular weight is 498 g/mol. The van der Waals surface area contributed by atoms with Crippen molar-refractivity contribution in [2.45, 2.75) is 44.7 Å². The molecule has 6 heteroatoms. The number of hydrogen-bond donors (Lipinski definition) is 1. The Morgan fingerprint density at radius 3 is 2.31 bits per heavy atom. The minimum absolute atomic E-state index is 0.0213. The van der Waals surface area contributed by atoms with Crippen molar-refractivity contribution in [2.24, 2.45) is 5.92 Å². The maximum absolute atomic E-state index is 13.4. The molecule has 0 spiro atoms. The second-order valence-electron chi connectivity index (χ2n) is 8.97. The van der Waals surface area contributed by atoms with Crippen LogP contribution in [0.3, 0.4) is 0 Å². The average Bonchev–Trinajstić information content (AvgIpc) is 3.34. The first-order valence-electron chi connectivity index (χ1n) is 11.7. The van der Waals surface area contributed by atoms with Crippen LogP contribution in [0.15, 0.2) is 59.1 Å². The zero-order valence-electron chi connectivity index (χ0n) is 18.7. The van der Waals surface area contributed by atoms with E-state index in [2.05, 4.69) is 38.3 Å². The van der Waals surface area contributed by atoms with Gasteiger partial charge in [-0.05, 0) is 49.4 Å².